The van der Waals surface area contributed by atoms with Crippen LogP contribution in [-0.4, -0.2) is 82.1 Å². The molecule has 1 aliphatic carbocycles. The van der Waals surface area contributed by atoms with E-state index in [0.29, 0.717) is 37.4 Å². The van der Waals surface area contributed by atoms with Crippen molar-refractivity contribution in [2.45, 2.75) is 62.3 Å². The first-order valence-corrected chi connectivity index (χ1v) is 14.1. The van der Waals surface area contributed by atoms with Crippen LogP contribution >= 0.6 is 0 Å². The highest BCUT2D eigenvalue weighted by atomic mass is 32.2. The maximum Gasteiger partial charge on any atom is 0.241 e. The van der Waals surface area contributed by atoms with Gasteiger partial charge in [0.2, 0.25) is 5.91 Å². The van der Waals surface area contributed by atoms with Crippen LogP contribution in [0.1, 0.15) is 50.7 Å². The number of hydrogen-bond acceptors (Lipinski definition) is 10. The molecule has 1 saturated carbocycles. The zero-order valence-electron chi connectivity index (χ0n) is 20.3. The van der Waals surface area contributed by atoms with Gasteiger partial charge in [0.15, 0.2) is 15.7 Å². The number of sulfone groups is 1. The molecule has 1 spiro atoms. The molecule has 2 aromatic rings. The molecule has 36 heavy (non-hydrogen) atoms. The third-order valence-electron chi connectivity index (χ3n) is 8.33. The minimum absolute atomic E-state index is 0.0418. The fraction of sp³-hybridized carbons (Fsp3) is 0.583. The van der Waals surface area contributed by atoms with Crippen molar-refractivity contribution >= 4 is 33.2 Å². The number of piperazine rings is 1. The third kappa shape index (κ3) is 3.36. The van der Waals surface area contributed by atoms with E-state index in [1.165, 1.54) is 6.20 Å². The second kappa shape index (κ2) is 8.09. The van der Waals surface area contributed by atoms with Crippen LogP contribution in [-0.2, 0) is 20.0 Å². The molecule has 12 heteroatoms. The van der Waals surface area contributed by atoms with Crippen LogP contribution in [0, 0.1) is 11.3 Å². The maximum absolute atomic E-state index is 13.1. The van der Waals surface area contributed by atoms with Gasteiger partial charge < -0.3 is 14.7 Å². The lowest BCUT2D eigenvalue weighted by atomic mass is 9.66. The summed E-state index contributed by atoms with van der Waals surface area (Å²) in [6, 6.07) is 3.68. The topological polar surface area (TPSA) is 136 Å². The molecule has 0 radical (unpaired) electrons. The van der Waals surface area contributed by atoms with Crippen LogP contribution in [0.5, 0.6) is 0 Å². The lowest BCUT2D eigenvalue weighted by molar-refractivity contribution is -0.134. The molecule has 2 saturated heterocycles. The molecule has 11 nitrogen and oxygen atoms in total. The molecule has 3 aliphatic heterocycles. The minimum atomic E-state index is -3.30. The van der Waals surface area contributed by atoms with Crippen molar-refractivity contribution < 1.29 is 13.2 Å². The Morgan fingerprint density at radius 3 is 2.58 bits per heavy atom. The standard InChI is InChI=1S/C24H28N8O3S/c1-15-12-31(23(33)18-4-7-36(18,34)35)16(2)11-30(15)21-20-22(27-14-26-21)32(13-24(20)5-3-6-24)19-8-17(9-25)10-28-29-19/h8,10,14-16,18H,3-7,11-13H2,1-2H3/t15-,16+,18?/m0/s1. The number of carbonyl (C=O) groups is 1. The van der Waals surface area contributed by atoms with E-state index >= 15 is 0 Å². The first kappa shape index (κ1) is 23.1. The van der Waals surface area contributed by atoms with Gasteiger partial charge in [-0.2, -0.15) is 10.4 Å². The molecule has 6 rings (SSSR count). The average Bonchev–Trinajstić information content (AvgIpc) is 3.21. The Morgan fingerprint density at radius 1 is 1.17 bits per heavy atom. The summed E-state index contributed by atoms with van der Waals surface area (Å²) in [6.45, 7) is 5.73. The quantitative estimate of drug-likeness (QED) is 0.597. The number of aromatic nitrogens is 4. The fourth-order valence-corrected chi connectivity index (χ4v) is 7.39. The highest BCUT2D eigenvalue weighted by molar-refractivity contribution is 7.94. The van der Waals surface area contributed by atoms with Gasteiger partial charge in [-0.1, -0.05) is 6.42 Å². The molecule has 1 amide bonds. The highest BCUT2D eigenvalue weighted by Crippen LogP contribution is 2.56. The number of rotatable bonds is 3. The summed E-state index contributed by atoms with van der Waals surface area (Å²) in [7, 11) is -3.30. The van der Waals surface area contributed by atoms with Gasteiger partial charge in [0.25, 0.3) is 0 Å². The van der Waals surface area contributed by atoms with Crippen LogP contribution in [0.4, 0.5) is 17.5 Å². The van der Waals surface area contributed by atoms with E-state index in [4.69, 9.17) is 4.98 Å². The number of fused-ring (bicyclic) bond motifs is 2. The van der Waals surface area contributed by atoms with Gasteiger partial charge in [-0.15, -0.1) is 5.10 Å². The van der Waals surface area contributed by atoms with Crippen LogP contribution in [0.15, 0.2) is 18.6 Å². The Balaban J connectivity index is 1.34. The van der Waals surface area contributed by atoms with E-state index < -0.39 is 15.1 Å². The van der Waals surface area contributed by atoms with Crippen molar-refractivity contribution in [2.75, 3.05) is 35.2 Å². The van der Waals surface area contributed by atoms with Crippen molar-refractivity contribution in [2.24, 2.45) is 0 Å². The number of hydrogen-bond donors (Lipinski definition) is 0. The maximum atomic E-state index is 13.1. The van der Waals surface area contributed by atoms with E-state index in [1.807, 2.05) is 11.8 Å². The lowest BCUT2D eigenvalue weighted by Crippen LogP contribution is -2.62. The summed E-state index contributed by atoms with van der Waals surface area (Å²) < 4.78 is 24.2. The smallest absolute Gasteiger partial charge is 0.241 e. The van der Waals surface area contributed by atoms with Gasteiger partial charge >= 0.3 is 0 Å². The second-order valence-corrected chi connectivity index (χ2v) is 12.8. The number of nitriles is 1. The SMILES string of the molecule is C[C@@H]1CN(c2ncnc3c2C2(CCC2)CN3c2cc(C#N)cnn2)[C@@H](C)CN1C(=O)C1CCS1(=O)=O. The van der Waals surface area contributed by atoms with E-state index in [9.17, 15) is 18.5 Å². The Morgan fingerprint density at radius 2 is 1.94 bits per heavy atom. The molecule has 0 bridgehead atoms. The molecule has 188 valence electrons. The van der Waals surface area contributed by atoms with Gasteiger partial charge in [-0.25, -0.2) is 18.4 Å². The molecule has 2 aromatic heterocycles. The monoisotopic (exact) mass is 508 g/mol. The zero-order chi connectivity index (χ0) is 25.2. The molecular formula is C24H28N8O3S. The van der Waals surface area contributed by atoms with Gasteiger partial charge in [-0.05, 0) is 33.1 Å². The first-order valence-electron chi connectivity index (χ1n) is 12.4. The summed E-state index contributed by atoms with van der Waals surface area (Å²) in [5, 5.41) is 16.8. The Hall–Kier alpha value is -3.33. The molecule has 0 aromatic carbocycles. The molecule has 3 fully saturated rings. The van der Waals surface area contributed by atoms with Crippen molar-refractivity contribution in [3.63, 3.8) is 0 Å². The number of amides is 1. The van der Waals surface area contributed by atoms with Crippen LogP contribution in [0.2, 0.25) is 0 Å². The molecular weight excluding hydrogens is 480 g/mol. The third-order valence-corrected chi connectivity index (χ3v) is 10.4. The fourth-order valence-electron chi connectivity index (χ4n) is 6.09. The number of nitrogens with zero attached hydrogens (tertiary/aromatic N) is 8. The number of anilines is 3. The van der Waals surface area contributed by atoms with Crippen LogP contribution in [0.3, 0.4) is 0 Å². The Kier molecular flexibility index (Phi) is 5.19. The molecule has 0 N–H and O–H groups in total. The summed E-state index contributed by atoms with van der Waals surface area (Å²) in [5.74, 6) is 2.09. The predicted octanol–water partition coefficient (Wildman–Crippen LogP) is 1.32. The summed E-state index contributed by atoms with van der Waals surface area (Å²) in [5.41, 5.74) is 1.45. The Bertz CT molecular complexity index is 1390. The Labute approximate surface area is 210 Å². The van der Waals surface area contributed by atoms with Crippen LogP contribution in [0.25, 0.3) is 0 Å². The summed E-state index contributed by atoms with van der Waals surface area (Å²) >= 11 is 0. The van der Waals surface area contributed by atoms with Gasteiger partial charge in [0, 0.05) is 48.8 Å². The van der Waals surface area contributed by atoms with Crippen molar-refractivity contribution in [1.29, 1.82) is 5.26 Å². The van der Waals surface area contributed by atoms with E-state index in [0.717, 1.165) is 36.5 Å². The number of carbonyl (C=O) groups excluding carboxylic acids is 1. The second-order valence-electron chi connectivity index (χ2n) is 10.5. The average molecular weight is 509 g/mol. The molecule has 4 aliphatic rings. The zero-order valence-corrected chi connectivity index (χ0v) is 21.1. The van der Waals surface area contributed by atoms with Gasteiger partial charge in [-0.3, -0.25) is 4.79 Å². The van der Waals surface area contributed by atoms with Gasteiger partial charge in [0.05, 0.1) is 17.5 Å². The van der Waals surface area contributed by atoms with E-state index in [-0.39, 0.29) is 29.2 Å². The molecule has 3 atom stereocenters. The minimum Gasteiger partial charge on any atom is -0.350 e. The van der Waals surface area contributed by atoms with E-state index in [1.54, 1.807) is 17.3 Å². The van der Waals surface area contributed by atoms with Gasteiger partial charge in [0.1, 0.15) is 29.3 Å². The highest BCUT2D eigenvalue weighted by Gasteiger charge is 2.52. The first-order chi connectivity index (χ1) is 17.2. The predicted molar refractivity (Wildman–Crippen MR) is 131 cm³/mol. The lowest BCUT2D eigenvalue weighted by Gasteiger charge is -2.48. The summed E-state index contributed by atoms with van der Waals surface area (Å²) in [6.07, 6.45) is 6.58. The largest absolute Gasteiger partial charge is 0.350 e. The molecule has 5 heterocycles. The summed E-state index contributed by atoms with van der Waals surface area (Å²) in [4.78, 5) is 28.5. The molecule has 1 unspecified atom stereocenters. The van der Waals surface area contributed by atoms with Crippen molar-refractivity contribution in [3.8, 4) is 6.07 Å². The van der Waals surface area contributed by atoms with Crippen molar-refractivity contribution in [3.05, 3.63) is 29.7 Å². The van der Waals surface area contributed by atoms with Crippen molar-refractivity contribution in [1.82, 2.24) is 25.1 Å². The van der Waals surface area contributed by atoms with Crippen LogP contribution < -0.4 is 9.80 Å². The normalized spacial score (nSPS) is 27.7. The van der Waals surface area contributed by atoms with E-state index in [2.05, 4.69) is 33.1 Å².